The van der Waals surface area contributed by atoms with Crippen molar-refractivity contribution in [1.82, 2.24) is 5.32 Å². The fourth-order valence-corrected chi connectivity index (χ4v) is 2.90. The molecule has 1 heterocycles. The van der Waals surface area contributed by atoms with Crippen molar-refractivity contribution in [3.05, 3.63) is 27.7 Å². The average Bonchev–Trinajstić information content (AvgIpc) is 2.34. The van der Waals surface area contributed by atoms with E-state index in [1.165, 1.54) is 21.3 Å². The molecular formula is C16H25BrN2. The van der Waals surface area contributed by atoms with Crippen LogP contribution in [-0.4, -0.2) is 25.7 Å². The Labute approximate surface area is 125 Å². The van der Waals surface area contributed by atoms with E-state index < -0.39 is 0 Å². The maximum absolute atomic E-state index is 3.65. The fourth-order valence-electron chi connectivity index (χ4n) is 2.67. The monoisotopic (exact) mass is 324 g/mol. The third kappa shape index (κ3) is 3.32. The summed E-state index contributed by atoms with van der Waals surface area (Å²) in [7, 11) is 0. The lowest BCUT2D eigenvalue weighted by Gasteiger charge is -2.41. The standard InChI is InChI=1S/C16H25BrN2/c1-11-8-13(9-12(2)15(11)17)19-7-6-18-14(10-19)16(3,4)5/h8-9,14,18H,6-7,10H2,1-5H3. The molecule has 106 valence electrons. The molecule has 0 radical (unpaired) electrons. The average molecular weight is 325 g/mol. The minimum atomic E-state index is 0.304. The zero-order chi connectivity index (χ0) is 14.2. The Morgan fingerprint density at radius 2 is 1.79 bits per heavy atom. The maximum atomic E-state index is 3.65. The van der Waals surface area contributed by atoms with Crippen molar-refractivity contribution in [3.63, 3.8) is 0 Å². The van der Waals surface area contributed by atoms with Crippen LogP contribution >= 0.6 is 15.9 Å². The first-order valence-electron chi connectivity index (χ1n) is 7.04. The molecule has 1 saturated heterocycles. The number of hydrogen-bond acceptors (Lipinski definition) is 2. The number of halogens is 1. The normalized spacial score (nSPS) is 20.7. The fraction of sp³-hybridized carbons (Fsp3) is 0.625. The molecule has 0 saturated carbocycles. The Kier molecular flexibility index (Phi) is 4.26. The predicted octanol–water partition coefficient (Wildman–Crippen LogP) is 3.89. The second-order valence-electron chi connectivity index (χ2n) is 6.71. The van der Waals surface area contributed by atoms with Crippen molar-refractivity contribution >= 4 is 21.6 Å². The highest BCUT2D eigenvalue weighted by molar-refractivity contribution is 9.10. The number of anilines is 1. The zero-order valence-corrected chi connectivity index (χ0v) is 14.3. The number of benzene rings is 1. The van der Waals surface area contributed by atoms with Crippen LogP contribution in [0, 0.1) is 19.3 Å². The second kappa shape index (κ2) is 5.45. The number of hydrogen-bond donors (Lipinski definition) is 1. The molecular weight excluding hydrogens is 300 g/mol. The highest BCUT2D eigenvalue weighted by atomic mass is 79.9. The van der Waals surface area contributed by atoms with Gasteiger partial charge in [0, 0.05) is 35.8 Å². The van der Waals surface area contributed by atoms with Crippen LogP contribution in [0.5, 0.6) is 0 Å². The quantitative estimate of drug-likeness (QED) is 0.843. The molecule has 3 heteroatoms. The van der Waals surface area contributed by atoms with E-state index in [4.69, 9.17) is 0 Å². The Morgan fingerprint density at radius 3 is 2.32 bits per heavy atom. The van der Waals surface area contributed by atoms with E-state index >= 15 is 0 Å². The first kappa shape index (κ1) is 14.9. The molecule has 2 rings (SSSR count). The molecule has 0 bridgehead atoms. The molecule has 1 N–H and O–H groups in total. The summed E-state index contributed by atoms with van der Waals surface area (Å²) in [6.07, 6.45) is 0. The van der Waals surface area contributed by atoms with E-state index in [-0.39, 0.29) is 0 Å². The molecule has 1 aliphatic heterocycles. The first-order chi connectivity index (χ1) is 8.79. The summed E-state index contributed by atoms with van der Waals surface area (Å²) in [6.45, 7) is 14.5. The molecule has 1 aliphatic rings. The van der Waals surface area contributed by atoms with Gasteiger partial charge in [-0.15, -0.1) is 0 Å². The van der Waals surface area contributed by atoms with Crippen LogP contribution < -0.4 is 10.2 Å². The summed E-state index contributed by atoms with van der Waals surface area (Å²) in [5, 5.41) is 3.65. The SMILES string of the molecule is Cc1cc(N2CCNC(C(C)(C)C)C2)cc(C)c1Br. The van der Waals surface area contributed by atoms with Gasteiger partial charge < -0.3 is 10.2 Å². The van der Waals surface area contributed by atoms with E-state index in [9.17, 15) is 0 Å². The van der Waals surface area contributed by atoms with Crippen molar-refractivity contribution in [1.29, 1.82) is 0 Å². The van der Waals surface area contributed by atoms with Crippen molar-refractivity contribution in [2.24, 2.45) is 5.41 Å². The minimum absolute atomic E-state index is 0.304. The van der Waals surface area contributed by atoms with E-state index in [1.54, 1.807) is 0 Å². The van der Waals surface area contributed by atoms with Gasteiger partial charge in [0.25, 0.3) is 0 Å². The van der Waals surface area contributed by atoms with E-state index in [0.717, 1.165) is 19.6 Å². The number of nitrogens with one attached hydrogen (secondary N) is 1. The minimum Gasteiger partial charge on any atom is -0.369 e. The van der Waals surface area contributed by atoms with Gasteiger partial charge in [-0.2, -0.15) is 0 Å². The lowest BCUT2D eigenvalue weighted by molar-refractivity contribution is 0.254. The maximum Gasteiger partial charge on any atom is 0.0373 e. The number of nitrogens with zero attached hydrogens (tertiary/aromatic N) is 1. The predicted molar refractivity (Wildman–Crippen MR) is 87.1 cm³/mol. The third-order valence-corrected chi connectivity index (χ3v) is 5.26. The molecule has 1 atom stereocenters. The van der Waals surface area contributed by atoms with Crippen molar-refractivity contribution in [3.8, 4) is 0 Å². The molecule has 1 fully saturated rings. The molecule has 1 aromatic carbocycles. The van der Waals surface area contributed by atoms with Crippen LogP contribution in [-0.2, 0) is 0 Å². The van der Waals surface area contributed by atoms with Gasteiger partial charge in [0.05, 0.1) is 0 Å². The van der Waals surface area contributed by atoms with Gasteiger partial charge in [-0.05, 0) is 42.5 Å². The van der Waals surface area contributed by atoms with Gasteiger partial charge in [0.2, 0.25) is 0 Å². The summed E-state index contributed by atoms with van der Waals surface area (Å²) in [4.78, 5) is 2.51. The lowest BCUT2D eigenvalue weighted by Crippen LogP contribution is -2.56. The summed E-state index contributed by atoms with van der Waals surface area (Å²) >= 11 is 3.65. The van der Waals surface area contributed by atoms with Crippen LogP contribution in [0.2, 0.25) is 0 Å². The highest BCUT2D eigenvalue weighted by Crippen LogP contribution is 2.29. The van der Waals surface area contributed by atoms with Gasteiger partial charge in [0.15, 0.2) is 0 Å². The summed E-state index contributed by atoms with van der Waals surface area (Å²) in [5.41, 5.74) is 4.30. The Hall–Kier alpha value is -0.540. The zero-order valence-electron chi connectivity index (χ0n) is 12.7. The molecule has 0 spiro atoms. The number of piperazine rings is 1. The van der Waals surface area contributed by atoms with Crippen molar-refractivity contribution in [2.45, 2.75) is 40.7 Å². The van der Waals surface area contributed by atoms with Crippen LogP contribution in [0.25, 0.3) is 0 Å². The topological polar surface area (TPSA) is 15.3 Å². The lowest BCUT2D eigenvalue weighted by atomic mass is 9.85. The smallest absolute Gasteiger partial charge is 0.0373 e. The van der Waals surface area contributed by atoms with E-state index in [0.29, 0.717) is 11.5 Å². The summed E-state index contributed by atoms with van der Waals surface area (Å²) in [6, 6.07) is 5.13. The van der Waals surface area contributed by atoms with Gasteiger partial charge in [-0.25, -0.2) is 0 Å². The Bertz CT molecular complexity index is 439. The molecule has 1 aromatic rings. The van der Waals surface area contributed by atoms with E-state index in [1.807, 2.05) is 0 Å². The van der Waals surface area contributed by atoms with Gasteiger partial charge in [-0.1, -0.05) is 36.7 Å². The molecule has 0 aliphatic carbocycles. The Balaban J connectivity index is 2.22. The van der Waals surface area contributed by atoms with Crippen LogP contribution in [0.1, 0.15) is 31.9 Å². The third-order valence-electron chi connectivity index (χ3n) is 4.01. The Morgan fingerprint density at radius 1 is 1.21 bits per heavy atom. The number of aryl methyl sites for hydroxylation is 2. The van der Waals surface area contributed by atoms with Gasteiger partial charge in [0.1, 0.15) is 0 Å². The summed E-state index contributed by atoms with van der Waals surface area (Å²) in [5.74, 6) is 0. The van der Waals surface area contributed by atoms with Gasteiger partial charge >= 0.3 is 0 Å². The number of rotatable bonds is 1. The molecule has 19 heavy (non-hydrogen) atoms. The van der Waals surface area contributed by atoms with Crippen LogP contribution in [0.3, 0.4) is 0 Å². The molecule has 1 unspecified atom stereocenters. The molecule has 0 aromatic heterocycles. The highest BCUT2D eigenvalue weighted by Gasteiger charge is 2.29. The molecule has 2 nitrogen and oxygen atoms in total. The van der Waals surface area contributed by atoms with Gasteiger partial charge in [-0.3, -0.25) is 0 Å². The second-order valence-corrected chi connectivity index (χ2v) is 7.51. The van der Waals surface area contributed by atoms with Crippen LogP contribution in [0.15, 0.2) is 16.6 Å². The van der Waals surface area contributed by atoms with Crippen LogP contribution in [0.4, 0.5) is 5.69 Å². The summed E-state index contributed by atoms with van der Waals surface area (Å²) < 4.78 is 1.23. The van der Waals surface area contributed by atoms with Crippen molar-refractivity contribution < 1.29 is 0 Å². The van der Waals surface area contributed by atoms with E-state index in [2.05, 4.69) is 72.9 Å². The first-order valence-corrected chi connectivity index (χ1v) is 7.83. The molecule has 0 amide bonds. The largest absolute Gasteiger partial charge is 0.369 e. The van der Waals surface area contributed by atoms with Crippen molar-refractivity contribution in [2.75, 3.05) is 24.5 Å².